The Balaban J connectivity index is 1.97. The van der Waals surface area contributed by atoms with Gasteiger partial charge in [-0.25, -0.2) is 0 Å². The molecular formula is C19H13BrF3NO2S2. The van der Waals surface area contributed by atoms with Crippen LogP contribution in [0.15, 0.2) is 51.8 Å². The van der Waals surface area contributed by atoms with Crippen molar-refractivity contribution in [3.63, 3.8) is 0 Å². The summed E-state index contributed by atoms with van der Waals surface area (Å²) in [6.45, 7) is 2.30. The van der Waals surface area contributed by atoms with Crippen LogP contribution in [0.1, 0.15) is 18.1 Å². The van der Waals surface area contributed by atoms with E-state index in [0.717, 1.165) is 33.3 Å². The number of hydrogen-bond donors (Lipinski definition) is 0. The van der Waals surface area contributed by atoms with Crippen molar-refractivity contribution in [3.05, 3.63) is 63.0 Å². The Kier molecular flexibility index (Phi) is 6.16. The van der Waals surface area contributed by atoms with Gasteiger partial charge >= 0.3 is 6.18 Å². The number of thiocarbonyl (C=S) groups is 1. The Morgan fingerprint density at radius 2 is 2.00 bits per heavy atom. The second-order valence-electron chi connectivity index (χ2n) is 5.68. The maximum atomic E-state index is 13.0. The number of amides is 1. The van der Waals surface area contributed by atoms with Crippen molar-refractivity contribution in [2.75, 3.05) is 11.5 Å². The fourth-order valence-electron chi connectivity index (χ4n) is 2.57. The van der Waals surface area contributed by atoms with Crippen LogP contribution in [0.2, 0.25) is 0 Å². The minimum atomic E-state index is -4.51. The summed E-state index contributed by atoms with van der Waals surface area (Å²) < 4.78 is 45.5. The molecule has 1 aliphatic rings. The lowest BCUT2D eigenvalue weighted by Crippen LogP contribution is -2.27. The predicted octanol–water partition coefficient (Wildman–Crippen LogP) is 6.27. The van der Waals surface area contributed by atoms with Gasteiger partial charge in [0, 0.05) is 10.0 Å². The van der Waals surface area contributed by atoms with E-state index in [1.807, 2.05) is 13.0 Å². The highest BCUT2D eigenvalue weighted by molar-refractivity contribution is 9.10. The number of hydrogen-bond acceptors (Lipinski definition) is 4. The molecule has 28 heavy (non-hydrogen) atoms. The second-order valence-corrected chi connectivity index (χ2v) is 8.27. The van der Waals surface area contributed by atoms with E-state index >= 15 is 0 Å². The van der Waals surface area contributed by atoms with Crippen LogP contribution in [-0.4, -0.2) is 16.8 Å². The van der Waals surface area contributed by atoms with Crippen molar-refractivity contribution in [1.82, 2.24) is 0 Å². The first-order valence-electron chi connectivity index (χ1n) is 8.08. The molecule has 3 rings (SSSR count). The molecule has 1 fully saturated rings. The molecule has 2 aromatic rings. The first kappa shape index (κ1) is 20.9. The number of alkyl halides is 3. The van der Waals surface area contributed by atoms with Crippen molar-refractivity contribution in [3.8, 4) is 5.75 Å². The Bertz CT molecular complexity index is 976. The molecule has 146 valence electrons. The first-order chi connectivity index (χ1) is 13.2. The zero-order chi connectivity index (χ0) is 20.5. The molecule has 0 spiro atoms. The summed E-state index contributed by atoms with van der Waals surface area (Å²) in [6.07, 6.45) is -2.88. The summed E-state index contributed by atoms with van der Waals surface area (Å²) in [7, 11) is 0. The molecule has 9 heteroatoms. The number of thioether (sulfide) groups is 1. The highest BCUT2D eigenvalue weighted by atomic mass is 79.9. The lowest BCUT2D eigenvalue weighted by molar-refractivity contribution is -0.137. The predicted molar refractivity (Wildman–Crippen MR) is 112 cm³/mol. The van der Waals surface area contributed by atoms with Gasteiger partial charge in [-0.2, -0.15) is 13.2 Å². The number of rotatable bonds is 4. The molecule has 0 unspecified atom stereocenters. The lowest BCUT2D eigenvalue weighted by atomic mass is 10.1. The Labute approximate surface area is 177 Å². The molecule has 0 bridgehead atoms. The van der Waals surface area contributed by atoms with Gasteiger partial charge in [-0.1, -0.05) is 46.0 Å². The standard InChI is InChI=1S/C19H13BrF3NO2S2/c1-2-26-15-7-6-13(20)8-11(15)9-16-17(25)24(18(27)28-16)14-5-3-4-12(10-14)19(21,22)23/h3-10H,2H2,1H3/b16-9-. The van der Waals surface area contributed by atoms with E-state index in [2.05, 4.69) is 15.9 Å². The van der Waals surface area contributed by atoms with E-state index in [-0.39, 0.29) is 10.0 Å². The van der Waals surface area contributed by atoms with E-state index in [1.165, 1.54) is 12.1 Å². The molecule has 0 saturated carbocycles. The van der Waals surface area contributed by atoms with E-state index in [1.54, 1.807) is 18.2 Å². The Morgan fingerprint density at radius 3 is 2.68 bits per heavy atom. The van der Waals surface area contributed by atoms with Crippen LogP contribution < -0.4 is 9.64 Å². The van der Waals surface area contributed by atoms with Crippen LogP contribution in [0.25, 0.3) is 6.08 Å². The van der Waals surface area contributed by atoms with Crippen molar-refractivity contribution in [2.45, 2.75) is 13.1 Å². The fourth-order valence-corrected chi connectivity index (χ4v) is 4.24. The molecule has 1 aliphatic heterocycles. The van der Waals surface area contributed by atoms with Gasteiger partial charge in [-0.3, -0.25) is 9.69 Å². The van der Waals surface area contributed by atoms with Gasteiger partial charge < -0.3 is 4.74 Å². The largest absolute Gasteiger partial charge is 0.493 e. The Morgan fingerprint density at radius 1 is 1.25 bits per heavy atom. The summed E-state index contributed by atoms with van der Waals surface area (Å²) in [5.41, 5.74) is -0.0885. The molecule has 1 saturated heterocycles. The third-order valence-electron chi connectivity index (χ3n) is 3.78. The number of nitrogens with zero attached hydrogens (tertiary/aromatic N) is 1. The minimum absolute atomic E-state index is 0.0833. The fraction of sp³-hybridized carbons (Fsp3) is 0.158. The molecule has 0 N–H and O–H groups in total. The minimum Gasteiger partial charge on any atom is -0.493 e. The van der Waals surface area contributed by atoms with Crippen molar-refractivity contribution < 1.29 is 22.7 Å². The molecule has 3 nitrogen and oxygen atoms in total. The van der Waals surface area contributed by atoms with Gasteiger partial charge in [0.25, 0.3) is 5.91 Å². The van der Waals surface area contributed by atoms with Crippen LogP contribution in [0, 0.1) is 0 Å². The quantitative estimate of drug-likeness (QED) is 0.375. The maximum Gasteiger partial charge on any atom is 0.416 e. The van der Waals surface area contributed by atoms with Gasteiger partial charge in [-0.15, -0.1) is 0 Å². The van der Waals surface area contributed by atoms with Crippen molar-refractivity contribution in [2.24, 2.45) is 0 Å². The topological polar surface area (TPSA) is 29.5 Å². The van der Waals surface area contributed by atoms with E-state index in [9.17, 15) is 18.0 Å². The van der Waals surface area contributed by atoms with Crippen LogP contribution in [-0.2, 0) is 11.0 Å². The molecule has 0 atom stereocenters. The van der Waals surface area contributed by atoms with Gasteiger partial charge in [0.05, 0.1) is 22.8 Å². The average molecular weight is 488 g/mol. The van der Waals surface area contributed by atoms with Crippen LogP contribution in [0.3, 0.4) is 0 Å². The Hall–Kier alpha value is -1.84. The molecular weight excluding hydrogens is 475 g/mol. The number of benzene rings is 2. The summed E-state index contributed by atoms with van der Waals surface area (Å²) >= 11 is 9.66. The summed E-state index contributed by atoms with van der Waals surface area (Å²) in [5.74, 6) is 0.117. The van der Waals surface area contributed by atoms with Crippen LogP contribution in [0.5, 0.6) is 5.75 Å². The number of carbonyl (C=O) groups is 1. The monoisotopic (exact) mass is 487 g/mol. The summed E-state index contributed by atoms with van der Waals surface area (Å²) in [4.78, 5) is 14.3. The molecule has 1 amide bonds. The average Bonchev–Trinajstić information content (AvgIpc) is 2.90. The van der Waals surface area contributed by atoms with E-state index in [0.29, 0.717) is 22.8 Å². The van der Waals surface area contributed by atoms with Gasteiger partial charge in [0.1, 0.15) is 5.75 Å². The number of carbonyl (C=O) groups excluding carboxylic acids is 1. The molecule has 0 aromatic heterocycles. The highest BCUT2D eigenvalue weighted by Crippen LogP contribution is 2.39. The normalized spacial score (nSPS) is 16.2. The van der Waals surface area contributed by atoms with Crippen molar-refractivity contribution in [1.29, 1.82) is 0 Å². The van der Waals surface area contributed by atoms with Gasteiger partial charge in [0.15, 0.2) is 4.32 Å². The smallest absolute Gasteiger partial charge is 0.416 e. The molecule has 0 radical (unpaired) electrons. The molecule has 2 aromatic carbocycles. The van der Waals surface area contributed by atoms with Crippen molar-refractivity contribution >= 4 is 61.9 Å². The SMILES string of the molecule is CCOc1ccc(Br)cc1/C=C1\SC(=S)N(c2cccc(C(F)(F)F)c2)C1=O. The number of ether oxygens (including phenoxy) is 1. The van der Waals surface area contributed by atoms with Crippen LogP contribution >= 0.6 is 39.9 Å². The highest BCUT2D eigenvalue weighted by Gasteiger charge is 2.36. The van der Waals surface area contributed by atoms with Gasteiger partial charge in [-0.05, 0) is 49.4 Å². The van der Waals surface area contributed by atoms with Gasteiger partial charge in [0.2, 0.25) is 0 Å². The summed E-state index contributed by atoms with van der Waals surface area (Å²) in [6, 6.07) is 9.92. The summed E-state index contributed by atoms with van der Waals surface area (Å²) in [5, 5.41) is 0. The second kappa shape index (κ2) is 8.26. The third kappa shape index (κ3) is 4.42. The van der Waals surface area contributed by atoms with Crippen LogP contribution in [0.4, 0.5) is 18.9 Å². The zero-order valence-electron chi connectivity index (χ0n) is 14.4. The zero-order valence-corrected chi connectivity index (χ0v) is 17.6. The first-order valence-corrected chi connectivity index (χ1v) is 10.1. The third-order valence-corrected chi connectivity index (χ3v) is 5.58. The lowest BCUT2D eigenvalue weighted by Gasteiger charge is -2.16. The van der Waals surface area contributed by atoms with E-state index in [4.69, 9.17) is 17.0 Å². The number of halogens is 4. The van der Waals surface area contributed by atoms with E-state index < -0.39 is 17.6 Å². The molecule has 1 heterocycles. The number of anilines is 1. The maximum absolute atomic E-state index is 13.0. The molecule has 0 aliphatic carbocycles.